The highest BCUT2D eigenvalue weighted by Gasteiger charge is 2.19. The predicted octanol–water partition coefficient (Wildman–Crippen LogP) is 2.65. The molecule has 0 unspecified atom stereocenters. The summed E-state index contributed by atoms with van der Waals surface area (Å²) in [5, 5.41) is 11.8. The minimum Gasteiger partial charge on any atom is -0.390 e. The minimum atomic E-state index is 0.105. The molecule has 112 valence electrons. The van der Waals surface area contributed by atoms with Crippen LogP contribution in [-0.4, -0.2) is 33.0 Å². The summed E-state index contributed by atoms with van der Waals surface area (Å²) < 4.78 is 1.83. The van der Waals surface area contributed by atoms with Crippen molar-refractivity contribution < 1.29 is 4.84 Å². The zero-order valence-corrected chi connectivity index (χ0v) is 12.5. The van der Waals surface area contributed by atoms with E-state index in [2.05, 4.69) is 40.5 Å². The number of fused-ring (bicyclic) bond motifs is 1. The lowest BCUT2D eigenvalue weighted by Gasteiger charge is -2.13. The lowest BCUT2D eigenvalue weighted by Crippen LogP contribution is -2.21. The first-order valence-electron chi connectivity index (χ1n) is 7.59. The van der Waals surface area contributed by atoms with Gasteiger partial charge < -0.3 is 10.2 Å². The van der Waals surface area contributed by atoms with E-state index in [1.807, 2.05) is 10.6 Å². The number of rotatable bonds is 6. The second-order valence-electron chi connectivity index (χ2n) is 5.31. The van der Waals surface area contributed by atoms with E-state index in [1.165, 1.54) is 0 Å². The van der Waals surface area contributed by atoms with Crippen LogP contribution in [0.1, 0.15) is 38.8 Å². The molecule has 6 nitrogen and oxygen atoms in total. The molecule has 0 aromatic carbocycles. The number of nitrogens with zero attached hydrogens (tertiary/aromatic N) is 4. The van der Waals surface area contributed by atoms with Gasteiger partial charge in [-0.1, -0.05) is 25.4 Å². The first-order valence-corrected chi connectivity index (χ1v) is 7.59. The number of aromatic nitrogens is 3. The van der Waals surface area contributed by atoms with E-state index in [9.17, 15) is 0 Å². The third kappa shape index (κ3) is 2.99. The van der Waals surface area contributed by atoms with Crippen molar-refractivity contribution in [3.05, 3.63) is 24.0 Å². The Bertz CT molecular complexity index is 649. The van der Waals surface area contributed by atoms with Crippen LogP contribution in [0, 0.1) is 0 Å². The Labute approximate surface area is 124 Å². The second kappa shape index (κ2) is 6.11. The fourth-order valence-corrected chi connectivity index (χ4v) is 2.50. The zero-order valence-electron chi connectivity index (χ0n) is 12.5. The Morgan fingerprint density at radius 3 is 3.10 bits per heavy atom. The van der Waals surface area contributed by atoms with Gasteiger partial charge in [0.05, 0.1) is 18.5 Å². The summed E-state index contributed by atoms with van der Waals surface area (Å²) in [6.07, 6.45) is 5.78. The standard InChI is InChI=1S/C15H21N5O/c1-3-5-12-9-15(20-14(18-12)6-7-17-20)16-10-13-8-11(4-2)19-21-13/h6-7,9,13,16H,3-5,8,10H2,1-2H3/t13-/m0/s1. The first-order chi connectivity index (χ1) is 10.3. The molecule has 3 rings (SSSR count). The van der Waals surface area contributed by atoms with E-state index >= 15 is 0 Å². The molecule has 3 heterocycles. The number of nitrogens with one attached hydrogen (secondary N) is 1. The van der Waals surface area contributed by atoms with Gasteiger partial charge in [0, 0.05) is 24.2 Å². The van der Waals surface area contributed by atoms with Crippen molar-refractivity contribution in [1.29, 1.82) is 0 Å². The Morgan fingerprint density at radius 1 is 1.43 bits per heavy atom. The average molecular weight is 287 g/mol. The van der Waals surface area contributed by atoms with E-state index < -0.39 is 0 Å². The number of aryl methyl sites for hydroxylation is 1. The summed E-state index contributed by atoms with van der Waals surface area (Å²) in [5.74, 6) is 0.960. The van der Waals surface area contributed by atoms with Crippen LogP contribution >= 0.6 is 0 Å². The number of oxime groups is 1. The molecule has 2 aromatic heterocycles. The van der Waals surface area contributed by atoms with Crippen LogP contribution in [-0.2, 0) is 11.3 Å². The molecule has 21 heavy (non-hydrogen) atoms. The van der Waals surface area contributed by atoms with Gasteiger partial charge in [-0.3, -0.25) is 0 Å². The Kier molecular flexibility index (Phi) is 4.03. The predicted molar refractivity (Wildman–Crippen MR) is 82.7 cm³/mol. The van der Waals surface area contributed by atoms with Crippen LogP contribution < -0.4 is 5.32 Å². The van der Waals surface area contributed by atoms with Gasteiger partial charge in [-0.25, -0.2) is 4.98 Å². The summed E-state index contributed by atoms with van der Waals surface area (Å²) in [6.45, 7) is 4.98. The molecule has 0 aliphatic carbocycles. The van der Waals surface area contributed by atoms with E-state index in [4.69, 9.17) is 4.84 Å². The van der Waals surface area contributed by atoms with Crippen LogP contribution in [0.4, 0.5) is 5.82 Å². The molecule has 0 saturated carbocycles. The summed E-state index contributed by atoms with van der Waals surface area (Å²) in [6, 6.07) is 3.99. The maximum atomic E-state index is 5.43. The van der Waals surface area contributed by atoms with Gasteiger partial charge in [-0.05, 0) is 12.8 Å². The highest BCUT2D eigenvalue weighted by molar-refractivity contribution is 5.85. The van der Waals surface area contributed by atoms with E-state index in [0.29, 0.717) is 0 Å². The molecule has 0 saturated heterocycles. The molecule has 1 aliphatic rings. The molecule has 1 atom stereocenters. The molecule has 0 fully saturated rings. The normalized spacial score (nSPS) is 17.8. The molecular formula is C15H21N5O. The molecule has 0 radical (unpaired) electrons. The number of anilines is 1. The summed E-state index contributed by atoms with van der Waals surface area (Å²) in [5.41, 5.74) is 3.10. The molecule has 1 aliphatic heterocycles. The number of hydrogen-bond donors (Lipinski definition) is 1. The highest BCUT2D eigenvalue weighted by atomic mass is 16.6. The molecule has 6 heteroatoms. The Morgan fingerprint density at radius 2 is 2.33 bits per heavy atom. The SMILES string of the molecule is CCCc1cc(NC[C@@H]2CC(CC)=NO2)n2nccc2n1. The van der Waals surface area contributed by atoms with Crippen LogP contribution in [0.15, 0.2) is 23.5 Å². The molecule has 2 aromatic rings. The van der Waals surface area contributed by atoms with Crippen molar-refractivity contribution in [1.82, 2.24) is 14.6 Å². The number of hydrogen-bond acceptors (Lipinski definition) is 5. The van der Waals surface area contributed by atoms with Crippen molar-refractivity contribution in [3.63, 3.8) is 0 Å². The van der Waals surface area contributed by atoms with Crippen molar-refractivity contribution in [2.24, 2.45) is 5.16 Å². The maximum absolute atomic E-state index is 5.43. The average Bonchev–Trinajstić information content (AvgIpc) is 3.13. The molecule has 0 amide bonds. The first kappa shape index (κ1) is 13.9. The lowest BCUT2D eigenvalue weighted by molar-refractivity contribution is 0.0948. The summed E-state index contributed by atoms with van der Waals surface area (Å²) in [7, 11) is 0. The largest absolute Gasteiger partial charge is 0.390 e. The van der Waals surface area contributed by atoms with Crippen LogP contribution in [0.2, 0.25) is 0 Å². The third-order valence-electron chi connectivity index (χ3n) is 3.63. The topological polar surface area (TPSA) is 63.8 Å². The van der Waals surface area contributed by atoms with Gasteiger partial charge in [0.2, 0.25) is 0 Å². The zero-order chi connectivity index (χ0) is 14.7. The van der Waals surface area contributed by atoms with Gasteiger partial charge in [0.15, 0.2) is 5.65 Å². The molecule has 1 N–H and O–H groups in total. The van der Waals surface area contributed by atoms with Gasteiger partial charge in [0.25, 0.3) is 0 Å². The van der Waals surface area contributed by atoms with E-state index in [1.54, 1.807) is 6.20 Å². The van der Waals surface area contributed by atoms with Gasteiger partial charge in [-0.2, -0.15) is 9.61 Å². The van der Waals surface area contributed by atoms with Crippen molar-refractivity contribution in [2.75, 3.05) is 11.9 Å². The second-order valence-corrected chi connectivity index (χ2v) is 5.31. The molecular weight excluding hydrogens is 266 g/mol. The van der Waals surface area contributed by atoms with Gasteiger partial charge in [0.1, 0.15) is 11.9 Å². The van der Waals surface area contributed by atoms with E-state index in [-0.39, 0.29) is 6.10 Å². The van der Waals surface area contributed by atoms with Crippen molar-refractivity contribution in [3.8, 4) is 0 Å². The third-order valence-corrected chi connectivity index (χ3v) is 3.63. The summed E-state index contributed by atoms with van der Waals surface area (Å²) in [4.78, 5) is 10.0. The summed E-state index contributed by atoms with van der Waals surface area (Å²) >= 11 is 0. The van der Waals surface area contributed by atoms with Crippen LogP contribution in [0.3, 0.4) is 0 Å². The molecule has 0 spiro atoms. The maximum Gasteiger partial charge on any atom is 0.157 e. The fourth-order valence-electron chi connectivity index (χ4n) is 2.50. The van der Waals surface area contributed by atoms with Gasteiger partial charge >= 0.3 is 0 Å². The van der Waals surface area contributed by atoms with Crippen molar-refractivity contribution >= 4 is 17.2 Å². The van der Waals surface area contributed by atoms with Crippen molar-refractivity contribution in [2.45, 2.75) is 45.6 Å². The Balaban J connectivity index is 1.72. The van der Waals surface area contributed by atoms with Gasteiger partial charge in [-0.15, -0.1) is 0 Å². The minimum absolute atomic E-state index is 0.105. The smallest absolute Gasteiger partial charge is 0.157 e. The van der Waals surface area contributed by atoms with Crippen LogP contribution in [0.5, 0.6) is 0 Å². The highest BCUT2D eigenvalue weighted by Crippen LogP contribution is 2.16. The monoisotopic (exact) mass is 287 g/mol. The van der Waals surface area contributed by atoms with E-state index in [0.717, 1.165) is 55.1 Å². The Hall–Kier alpha value is -2.11. The quantitative estimate of drug-likeness (QED) is 0.887. The van der Waals surface area contributed by atoms with Crippen LogP contribution in [0.25, 0.3) is 5.65 Å². The fraction of sp³-hybridized carbons (Fsp3) is 0.533. The lowest BCUT2D eigenvalue weighted by atomic mass is 10.1. The molecule has 0 bridgehead atoms.